The third-order valence-electron chi connectivity index (χ3n) is 1.30. The Labute approximate surface area is 73.1 Å². The number of halogens is 3. The van der Waals surface area contributed by atoms with E-state index in [1.165, 1.54) is 12.1 Å². The van der Waals surface area contributed by atoms with Crippen molar-refractivity contribution in [2.45, 2.75) is 6.11 Å². The number of alkyl halides is 2. The summed E-state index contributed by atoms with van der Waals surface area (Å²) in [6, 6.07) is 4.50. The fraction of sp³-hybridized carbons (Fsp3) is 0.250. The average Bonchev–Trinajstić information content (AvgIpc) is 2.03. The molecular weight excluding hydrogens is 183 g/mol. The smallest absolute Gasteiger partial charge is 0.410 e. The van der Waals surface area contributed by atoms with Gasteiger partial charge in [-0.3, -0.25) is 0 Å². The number of benzene rings is 1. The fourth-order valence-electron chi connectivity index (χ4n) is 0.745. The summed E-state index contributed by atoms with van der Waals surface area (Å²) in [4.78, 5) is 0. The van der Waals surface area contributed by atoms with Crippen molar-refractivity contribution >= 4 is 0 Å². The third kappa shape index (κ3) is 2.95. The van der Waals surface area contributed by atoms with Crippen LogP contribution in [-0.4, -0.2) is 12.7 Å². The minimum absolute atomic E-state index is 0.240. The number of rotatable bonds is 3. The summed E-state index contributed by atoms with van der Waals surface area (Å²) < 4.78 is 41.6. The van der Waals surface area contributed by atoms with Gasteiger partial charge in [0.1, 0.15) is 11.6 Å². The van der Waals surface area contributed by atoms with Crippen molar-refractivity contribution in [3.05, 3.63) is 30.1 Å². The van der Waals surface area contributed by atoms with Crippen LogP contribution in [0.2, 0.25) is 0 Å². The van der Waals surface area contributed by atoms with E-state index in [0.29, 0.717) is 0 Å². The van der Waals surface area contributed by atoms with Crippen LogP contribution in [0.3, 0.4) is 0 Å². The molecule has 2 nitrogen and oxygen atoms in total. The predicted molar refractivity (Wildman–Crippen MR) is 41.0 cm³/mol. The molecule has 0 aliphatic carbocycles. The van der Waals surface area contributed by atoms with Gasteiger partial charge in [0, 0.05) is 6.07 Å². The molecule has 0 aliphatic rings. The first kappa shape index (κ1) is 9.85. The molecule has 1 rings (SSSR count). The van der Waals surface area contributed by atoms with Crippen LogP contribution in [0.15, 0.2) is 24.3 Å². The maximum Gasteiger partial charge on any atom is 0.410 e. The highest BCUT2D eigenvalue weighted by molar-refractivity contribution is 5.22. The molecule has 0 radical (unpaired) electrons. The predicted octanol–water partition coefficient (Wildman–Crippen LogP) is 1.76. The summed E-state index contributed by atoms with van der Waals surface area (Å²) >= 11 is 0. The van der Waals surface area contributed by atoms with Crippen LogP contribution in [0, 0.1) is 5.82 Å². The van der Waals surface area contributed by atoms with Gasteiger partial charge < -0.3 is 10.5 Å². The first-order chi connectivity index (χ1) is 6.03. The molecule has 13 heavy (non-hydrogen) atoms. The van der Waals surface area contributed by atoms with E-state index < -0.39 is 18.5 Å². The van der Waals surface area contributed by atoms with Crippen molar-refractivity contribution in [1.29, 1.82) is 0 Å². The molecule has 0 atom stereocenters. The zero-order valence-corrected chi connectivity index (χ0v) is 6.64. The highest BCUT2D eigenvalue weighted by Crippen LogP contribution is 2.20. The fourth-order valence-corrected chi connectivity index (χ4v) is 0.745. The van der Waals surface area contributed by atoms with Crippen molar-refractivity contribution in [2.24, 2.45) is 5.73 Å². The molecule has 5 heteroatoms. The molecule has 1 aromatic rings. The normalized spacial score (nSPS) is 11.4. The van der Waals surface area contributed by atoms with Gasteiger partial charge in [-0.15, -0.1) is 0 Å². The van der Waals surface area contributed by atoms with Gasteiger partial charge in [-0.1, -0.05) is 6.07 Å². The summed E-state index contributed by atoms with van der Waals surface area (Å²) in [6.45, 7) is -0.941. The van der Waals surface area contributed by atoms with Crippen molar-refractivity contribution < 1.29 is 17.9 Å². The molecule has 0 spiro atoms. The van der Waals surface area contributed by atoms with Gasteiger partial charge in [-0.05, 0) is 12.1 Å². The number of nitrogens with two attached hydrogens (primary N) is 1. The molecule has 0 fully saturated rings. The Balaban J connectivity index is 2.74. The maximum absolute atomic E-state index is 12.5. The van der Waals surface area contributed by atoms with E-state index >= 15 is 0 Å². The Hall–Kier alpha value is -1.23. The lowest BCUT2D eigenvalue weighted by Gasteiger charge is -2.15. The minimum atomic E-state index is -3.45. The van der Waals surface area contributed by atoms with Crippen LogP contribution in [0.25, 0.3) is 0 Å². The highest BCUT2D eigenvalue weighted by atomic mass is 19.3. The van der Waals surface area contributed by atoms with Crippen LogP contribution in [0.1, 0.15) is 0 Å². The largest absolute Gasteiger partial charge is 0.432 e. The summed E-state index contributed by atoms with van der Waals surface area (Å²) in [5.74, 6) is -0.874. The Bertz CT molecular complexity index is 290. The summed E-state index contributed by atoms with van der Waals surface area (Å²) in [5, 5.41) is 0. The van der Waals surface area contributed by atoms with E-state index in [9.17, 15) is 13.2 Å². The molecule has 0 amide bonds. The average molecular weight is 191 g/mol. The SMILES string of the molecule is NCC(F)(F)Oc1cccc(F)c1. The van der Waals surface area contributed by atoms with E-state index in [2.05, 4.69) is 4.74 Å². The maximum atomic E-state index is 12.5. The van der Waals surface area contributed by atoms with E-state index in [1.54, 1.807) is 0 Å². The summed E-state index contributed by atoms with van der Waals surface area (Å²) in [6.07, 6.45) is -3.45. The zero-order chi connectivity index (χ0) is 9.90. The summed E-state index contributed by atoms with van der Waals surface area (Å²) in [7, 11) is 0. The molecule has 0 aliphatic heterocycles. The Morgan fingerprint density at radius 2 is 2.08 bits per heavy atom. The first-order valence-corrected chi connectivity index (χ1v) is 3.56. The number of hydrogen-bond acceptors (Lipinski definition) is 2. The van der Waals surface area contributed by atoms with Crippen LogP contribution >= 0.6 is 0 Å². The van der Waals surface area contributed by atoms with Crippen molar-refractivity contribution in [1.82, 2.24) is 0 Å². The molecule has 1 aromatic carbocycles. The second-order valence-corrected chi connectivity index (χ2v) is 2.40. The van der Waals surface area contributed by atoms with Gasteiger partial charge in [0.15, 0.2) is 0 Å². The van der Waals surface area contributed by atoms with Crippen molar-refractivity contribution in [3.63, 3.8) is 0 Å². The lowest BCUT2D eigenvalue weighted by atomic mass is 10.3. The zero-order valence-electron chi connectivity index (χ0n) is 6.64. The van der Waals surface area contributed by atoms with Crippen LogP contribution < -0.4 is 10.5 Å². The van der Waals surface area contributed by atoms with Crippen molar-refractivity contribution in [2.75, 3.05) is 6.54 Å². The molecule has 2 N–H and O–H groups in total. The molecular formula is C8H8F3NO. The molecule has 0 unspecified atom stereocenters. The van der Waals surface area contributed by atoms with E-state index in [-0.39, 0.29) is 5.75 Å². The van der Waals surface area contributed by atoms with E-state index in [1.807, 2.05) is 0 Å². The molecule has 0 heterocycles. The van der Waals surface area contributed by atoms with Gasteiger partial charge in [0.2, 0.25) is 0 Å². The van der Waals surface area contributed by atoms with E-state index in [0.717, 1.165) is 12.1 Å². The molecule has 0 bridgehead atoms. The van der Waals surface area contributed by atoms with Crippen molar-refractivity contribution in [3.8, 4) is 5.75 Å². The Morgan fingerprint density at radius 1 is 1.38 bits per heavy atom. The standard InChI is InChI=1S/C8H8F3NO/c9-6-2-1-3-7(4-6)13-8(10,11)5-12/h1-4H,5,12H2. The quantitative estimate of drug-likeness (QED) is 0.789. The van der Waals surface area contributed by atoms with Gasteiger partial charge in [0.25, 0.3) is 0 Å². The van der Waals surface area contributed by atoms with Gasteiger partial charge in [-0.2, -0.15) is 8.78 Å². The van der Waals surface area contributed by atoms with Crippen LogP contribution in [-0.2, 0) is 0 Å². The molecule has 0 saturated carbocycles. The molecule has 0 saturated heterocycles. The van der Waals surface area contributed by atoms with Crippen LogP contribution in [0.4, 0.5) is 13.2 Å². The molecule has 72 valence electrons. The van der Waals surface area contributed by atoms with E-state index in [4.69, 9.17) is 5.73 Å². The Morgan fingerprint density at radius 3 is 2.62 bits per heavy atom. The minimum Gasteiger partial charge on any atom is -0.432 e. The number of ether oxygens (including phenoxy) is 1. The highest BCUT2D eigenvalue weighted by Gasteiger charge is 2.29. The first-order valence-electron chi connectivity index (χ1n) is 3.56. The lowest BCUT2D eigenvalue weighted by molar-refractivity contribution is -0.166. The number of hydrogen-bond donors (Lipinski definition) is 1. The van der Waals surface area contributed by atoms with Crippen LogP contribution in [0.5, 0.6) is 5.75 Å². The third-order valence-corrected chi connectivity index (χ3v) is 1.30. The molecule has 0 aromatic heterocycles. The Kier molecular flexibility index (Phi) is 2.77. The monoisotopic (exact) mass is 191 g/mol. The topological polar surface area (TPSA) is 35.2 Å². The second-order valence-electron chi connectivity index (χ2n) is 2.40. The lowest BCUT2D eigenvalue weighted by Crippen LogP contribution is -2.34. The van der Waals surface area contributed by atoms with Gasteiger partial charge >= 0.3 is 6.11 Å². The summed E-state index contributed by atoms with van der Waals surface area (Å²) in [5.41, 5.74) is 4.72. The second kappa shape index (κ2) is 3.66. The van der Waals surface area contributed by atoms with Gasteiger partial charge in [0.05, 0.1) is 6.54 Å². The van der Waals surface area contributed by atoms with Gasteiger partial charge in [-0.25, -0.2) is 4.39 Å².